The maximum atomic E-state index is 13.4. The largest absolute Gasteiger partial charge is 0.454 e. The molecule has 24 heavy (non-hydrogen) atoms. The van der Waals surface area contributed by atoms with Crippen molar-refractivity contribution in [2.24, 2.45) is 5.92 Å². The molecule has 1 saturated carbocycles. The number of hydrogen-bond acceptors (Lipinski definition) is 3. The molecule has 1 aliphatic carbocycles. The van der Waals surface area contributed by atoms with Crippen molar-refractivity contribution in [2.75, 3.05) is 0 Å². The summed E-state index contributed by atoms with van der Waals surface area (Å²) >= 11 is 0. The van der Waals surface area contributed by atoms with Gasteiger partial charge in [-0.1, -0.05) is 37.8 Å². The number of hydrogen-bond donors (Lipinski definition) is 0. The maximum Gasteiger partial charge on any atom is 0.320 e. The number of rotatable bonds is 6. The van der Waals surface area contributed by atoms with E-state index in [4.69, 9.17) is 4.74 Å². The first-order chi connectivity index (χ1) is 11.6. The Morgan fingerprint density at radius 2 is 2.04 bits per heavy atom. The topological polar surface area (TPSA) is 44.1 Å². The van der Waals surface area contributed by atoms with E-state index >= 15 is 0 Å². The summed E-state index contributed by atoms with van der Waals surface area (Å²) in [5.74, 6) is 0.334. The van der Waals surface area contributed by atoms with E-state index < -0.39 is 12.7 Å². The van der Waals surface area contributed by atoms with Crippen molar-refractivity contribution in [3.05, 3.63) is 30.1 Å². The minimum atomic E-state index is -2.73. The van der Waals surface area contributed by atoms with Crippen LogP contribution in [0, 0.1) is 5.92 Å². The highest BCUT2D eigenvalue weighted by Crippen LogP contribution is 2.30. The number of halogens is 2. The third kappa shape index (κ3) is 3.57. The molecule has 6 heteroatoms. The van der Waals surface area contributed by atoms with Crippen LogP contribution in [-0.2, 0) is 9.53 Å². The lowest BCUT2D eigenvalue weighted by molar-refractivity contribution is -0.149. The second-order valence-electron chi connectivity index (χ2n) is 6.43. The molecule has 3 rings (SSSR count). The third-order valence-corrected chi connectivity index (χ3v) is 4.72. The average Bonchev–Trinajstić information content (AvgIpc) is 3.20. The lowest BCUT2D eigenvalue weighted by Gasteiger charge is -2.16. The number of ether oxygens (including phenoxy) is 1. The normalized spacial score (nSPS) is 16.8. The molecular formula is C18H22F2N2O2. The number of nitrogens with zero attached hydrogens (tertiary/aromatic N) is 2. The van der Waals surface area contributed by atoms with Crippen LogP contribution >= 0.6 is 0 Å². The molecule has 1 aromatic carbocycles. The molecule has 1 atom stereocenters. The summed E-state index contributed by atoms with van der Waals surface area (Å²) in [7, 11) is 0. The number of fused-ring (bicyclic) bond motifs is 1. The zero-order chi connectivity index (χ0) is 17.1. The highest BCUT2D eigenvalue weighted by atomic mass is 19.3. The van der Waals surface area contributed by atoms with Gasteiger partial charge in [-0.15, -0.1) is 0 Å². The van der Waals surface area contributed by atoms with Gasteiger partial charge in [0, 0.05) is 6.42 Å². The Morgan fingerprint density at radius 1 is 1.33 bits per heavy atom. The van der Waals surface area contributed by atoms with Crippen LogP contribution in [0.25, 0.3) is 11.0 Å². The molecule has 0 radical (unpaired) electrons. The number of esters is 1. The van der Waals surface area contributed by atoms with E-state index in [-0.39, 0.29) is 11.8 Å². The van der Waals surface area contributed by atoms with Gasteiger partial charge in [0.25, 0.3) is 0 Å². The Morgan fingerprint density at radius 3 is 2.75 bits per heavy atom. The zero-order valence-corrected chi connectivity index (χ0v) is 13.8. The lowest BCUT2D eigenvalue weighted by atomic mass is 10.0. The van der Waals surface area contributed by atoms with Crippen molar-refractivity contribution >= 4 is 17.0 Å². The van der Waals surface area contributed by atoms with Crippen LogP contribution in [0.4, 0.5) is 8.78 Å². The molecule has 0 saturated heterocycles. The number of benzene rings is 1. The maximum absolute atomic E-state index is 13.4. The molecule has 0 amide bonds. The fourth-order valence-electron chi connectivity index (χ4n) is 3.48. The number of alkyl halides is 2. The van der Waals surface area contributed by atoms with Gasteiger partial charge in [-0.2, -0.15) is 8.78 Å². The number of aromatic nitrogens is 2. The first-order valence-corrected chi connectivity index (χ1v) is 8.50. The molecule has 1 aliphatic rings. The monoisotopic (exact) mass is 336 g/mol. The predicted octanol–water partition coefficient (Wildman–Crippen LogP) is 5.01. The molecule has 1 fully saturated rings. The summed E-state index contributed by atoms with van der Waals surface area (Å²) in [4.78, 5) is 16.3. The second kappa shape index (κ2) is 7.28. The van der Waals surface area contributed by atoms with Crippen LogP contribution in [0.1, 0.15) is 63.9 Å². The number of carbonyl (C=O) groups excluding carboxylic acids is 1. The van der Waals surface area contributed by atoms with E-state index in [1.807, 2.05) is 0 Å². The van der Waals surface area contributed by atoms with E-state index in [2.05, 4.69) is 4.98 Å². The Bertz CT molecular complexity index is 708. The minimum absolute atomic E-state index is 0.0837. The third-order valence-electron chi connectivity index (χ3n) is 4.72. The molecule has 2 aromatic rings. The van der Waals surface area contributed by atoms with Gasteiger partial charge in [0.15, 0.2) is 11.9 Å². The van der Waals surface area contributed by atoms with Gasteiger partial charge in [0.1, 0.15) is 0 Å². The zero-order valence-electron chi connectivity index (χ0n) is 13.8. The molecule has 0 N–H and O–H groups in total. The minimum Gasteiger partial charge on any atom is -0.454 e. The van der Waals surface area contributed by atoms with E-state index in [0.717, 1.165) is 11.0 Å². The molecule has 0 spiro atoms. The van der Waals surface area contributed by atoms with E-state index in [0.29, 0.717) is 23.4 Å². The fourth-order valence-corrected chi connectivity index (χ4v) is 3.48. The fraction of sp³-hybridized carbons (Fsp3) is 0.556. The standard InChI is InChI=1S/C18H22F2N2O2/c1-12(24-16(23)11-10-13-6-2-3-7-13)17-21-14-8-4-5-9-15(14)22(17)18(19)20/h4-5,8-9,12-13,18H,2-3,6-7,10-11H2,1H3. The highest BCUT2D eigenvalue weighted by molar-refractivity contribution is 5.76. The van der Waals surface area contributed by atoms with E-state index in [9.17, 15) is 13.6 Å². The predicted molar refractivity (Wildman–Crippen MR) is 86.7 cm³/mol. The van der Waals surface area contributed by atoms with Gasteiger partial charge >= 0.3 is 12.5 Å². The number of imidazole rings is 1. The first-order valence-electron chi connectivity index (χ1n) is 8.50. The van der Waals surface area contributed by atoms with Crippen LogP contribution in [0.3, 0.4) is 0 Å². The molecule has 0 aliphatic heterocycles. The SMILES string of the molecule is CC(OC(=O)CCC1CCCC1)c1nc2ccccc2n1C(F)F. The van der Waals surface area contributed by atoms with Gasteiger partial charge in [-0.3, -0.25) is 9.36 Å². The van der Waals surface area contributed by atoms with Gasteiger partial charge < -0.3 is 4.74 Å². The van der Waals surface area contributed by atoms with E-state index in [1.165, 1.54) is 25.7 Å². The molecular weight excluding hydrogens is 314 g/mol. The van der Waals surface area contributed by atoms with Gasteiger partial charge in [-0.25, -0.2) is 4.98 Å². The van der Waals surface area contributed by atoms with Gasteiger partial charge in [0.2, 0.25) is 0 Å². The van der Waals surface area contributed by atoms with Crippen molar-refractivity contribution in [1.29, 1.82) is 0 Å². The molecule has 4 nitrogen and oxygen atoms in total. The van der Waals surface area contributed by atoms with Crippen molar-refractivity contribution in [3.8, 4) is 0 Å². The summed E-state index contributed by atoms with van der Waals surface area (Å²) in [5.41, 5.74) is 0.818. The Hall–Kier alpha value is -1.98. The van der Waals surface area contributed by atoms with Crippen molar-refractivity contribution in [3.63, 3.8) is 0 Å². The Kier molecular flexibility index (Phi) is 5.11. The second-order valence-corrected chi connectivity index (χ2v) is 6.43. The van der Waals surface area contributed by atoms with Crippen LogP contribution in [0.2, 0.25) is 0 Å². The number of carbonyl (C=O) groups is 1. The Balaban J connectivity index is 1.69. The van der Waals surface area contributed by atoms with Crippen LogP contribution in [0.5, 0.6) is 0 Å². The summed E-state index contributed by atoms with van der Waals surface area (Å²) < 4.78 is 33.0. The molecule has 0 bridgehead atoms. The van der Waals surface area contributed by atoms with Crippen LogP contribution < -0.4 is 0 Å². The Labute approximate surface area is 139 Å². The molecule has 1 heterocycles. The molecule has 1 unspecified atom stereocenters. The van der Waals surface area contributed by atoms with Crippen molar-refractivity contribution in [2.45, 2.75) is 58.1 Å². The number of para-hydroxylation sites is 2. The van der Waals surface area contributed by atoms with Crippen LogP contribution in [-0.4, -0.2) is 15.5 Å². The van der Waals surface area contributed by atoms with E-state index in [1.54, 1.807) is 31.2 Å². The first kappa shape index (κ1) is 16.9. The van der Waals surface area contributed by atoms with Crippen molar-refractivity contribution < 1.29 is 18.3 Å². The lowest BCUT2D eigenvalue weighted by Crippen LogP contribution is -2.15. The highest BCUT2D eigenvalue weighted by Gasteiger charge is 2.24. The van der Waals surface area contributed by atoms with Crippen LogP contribution in [0.15, 0.2) is 24.3 Å². The van der Waals surface area contributed by atoms with Gasteiger partial charge in [-0.05, 0) is 31.4 Å². The molecule has 1 aromatic heterocycles. The summed E-state index contributed by atoms with van der Waals surface area (Å²) in [6.45, 7) is -1.14. The van der Waals surface area contributed by atoms with Crippen molar-refractivity contribution in [1.82, 2.24) is 9.55 Å². The summed E-state index contributed by atoms with van der Waals surface area (Å²) in [5, 5.41) is 0. The summed E-state index contributed by atoms with van der Waals surface area (Å²) in [6, 6.07) is 6.69. The smallest absolute Gasteiger partial charge is 0.320 e. The quantitative estimate of drug-likeness (QED) is 0.697. The summed E-state index contributed by atoms with van der Waals surface area (Å²) in [6.07, 6.45) is 5.15. The average molecular weight is 336 g/mol. The van der Waals surface area contributed by atoms with Gasteiger partial charge in [0.05, 0.1) is 11.0 Å². The molecule has 130 valence electrons.